The Labute approximate surface area is 267 Å². The van der Waals surface area contributed by atoms with Crippen molar-refractivity contribution in [2.75, 3.05) is 0 Å². The molecule has 0 bridgehead atoms. The molecule has 0 unspecified atom stereocenters. The third kappa shape index (κ3) is 4.89. The highest BCUT2D eigenvalue weighted by atomic mass is 16.3. The van der Waals surface area contributed by atoms with E-state index in [9.17, 15) is 0 Å². The molecule has 7 aromatic carbocycles. The fourth-order valence-electron chi connectivity index (χ4n) is 6.39. The average molecular weight is 591 g/mol. The Balaban J connectivity index is 1.37. The normalized spacial score (nSPS) is 12.4. The molecule has 1 aromatic heterocycles. The van der Waals surface area contributed by atoms with Gasteiger partial charge < -0.3 is 4.42 Å². The summed E-state index contributed by atoms with van der Waals surface area (Å²) in [5, 5.41) is 6.88. The second kappa shape index (κ2) is 11.5. The molecule has 0 aliphatic rings. The minimum atomic E-state index is 0.602. The molecule has 0 aliphatic heterocycles. The van der Waals surface area contributed by atoms with Crippen molar-refractivity contribution >= 4 is 60.7 Å². The van der Waals surface area contributed by atoms with Crippen LogP contribution in [0, 0.1) is 0 Å². The maximum Gasteiger partial charge on any atom is 0.160 e. The first-order valence-corrected chi connectivity index (χ1v) is 15.4. The molecule has 3 heteroatoms. The van der Waals surface area contributed by atoms with Gasteiger partial charge in [-0.2, -0.15) is 0 Å². The van der Waals surface area contributed by atoms with Gasteiger partial charge in [0, 0.05) is 27.6 Å². The molecule has 0 radical (unpaired) electrons. The van der Waals surface area contributed by atoms with Crippen LogP contribution < -0.4 is 0 Å². The number of nitrogens with zero attached hydrogens (tertiary/aromatic N) is 2. The predicted octanol–water partition coefficient (Wildman–Crippen LogP) is 11.5. The van der Waals surface area contributed by atoms with E-state index in [2.05, 4.69) is 117 Å². The van der Waals surface area contributed by atoms with E-state index in [1.807, 2.05) is 48.5 Å². The van der Waals surface area contributed by atoms with Crippen LogP contribution in [0.3, 0.4) is 0 Å². The van der Waals surface area contributed by atoms with Gasteiger partial charge in [0.15, 0.2) is 5.84 Å². The summed E-state index contributed by atoms with van der Waals surface area (Å²) in [4.78, 5) is 10.4. The number of aliphatic imine (C=N–C) groups is 2. The van der Waals surface area contributed by atoms with Gasteiger partial charge in [0.25, 0.3) is 0 Å². The van der Waals surface area contributed by atoms with Crippen LogP contribution in [0.4, 0.5) is 0 Å². The number of fused-ring (bicyclic) bond motifs is 6. The molecule has 0 amide bonds. The van der Waals surface area contributed by atoms with Gasteiger partial charge in [-0.05, 0) is 69.4 Å². The van der Waals surface area contributed by atoms with Crippen molar-refractivity contribution in [3.8, 4) is 11.1 Å². The van der Waals surface area contributed by atoms with Gasteiger partial charge in [0.1, 0.15) is 11.2 Å². The Hall–Kier alpha value is -6.06. The molecule has 8 rings (SSSR count). The summed E-state index contributed by atoms with van der Waals surface area (Å²) in [6.07, 6.45) is 0. The van der Waals surface area contributed by atoms with Gasteiger partial charge in [-0.3, -0.25) is 0 Å². The number of hydrogen-bond acceptors (Lipinski definition) is 2. The van der Waals surface area contributed by atoms with Crippen LogP contribution in [0.2, 0.25) is 0 Å². The van der Waals surface area contributed by atoms with E-state index in [4.69, 9.17) is 14.4 Å². The third-order valence-electron chi connectivity index (χ3n) is 8.61. The molecule has 0 saturated heterocycles. The third-order valence-corrected chi connectivity index (χ3v) is 8.61. The van der Waals surface area contributed by atoms with Crippen molar-refractivity contribution in [1.82, 2.24) is 0 Å². The number of benzene rings is 7. The van der Waals surface area contributed by atoms with E-state index < -0.39 is 0 Å². The fourth-order valence-corrected chi connectivity index (χ4v) is 6.39. The van der Waals surface area contributed by atoms with Crippen LogP contribution in [0.1, 0.15) is 23.6 Å². The zero-order valence-electron chi connectivity index (χ0n) is 25.4. The molecule has 0 atom stereocenters. The maximum absolute atomic E-state index is 6.33. The lowest BCUT2D eigenvalue weighted by Gasteiger charge is -2.13. The first-order valence-electron chi connectivity index (χ1n) is 15.4. The number of rotatable bonds is 5. The van der Waals surface area contributed by atoms with Crippen molar-refractivity contribution in [2.45, 2.75) is 6.92 Å². The van der Waals surface area contributed by atoms with E-state index in [-0.39, 0.29) is 0 Å². The largest absolute Gasteiger partial charge is 0.456 e. The zero-order valence-corrected chi connectivity index (χ0v) is 25.4. The molecular weight excluding hydrogens is 560 g/mol. The van der Waals surface area contributed by atoms with Crippen molar-refractivity contribution in [3.05, 3.63) is 175 Å². The molecule has 0 N–H and O–H groups in total. The lowest BCUT2D eigenvalue weighted by Crippen LogP contribution is -2.06. The number of furan rings is 1. The van der Waals surface area contributed by atoms with E-state index in [1.54, 1.807) is 0 Å². The molecular formula is C43H30N2O. The Morgan fingerprint density at radius 1 is 0.543 bits per heavy atom. The second-order valence-electron chi connectivity index (χ2n) is 11.5. The van der Waals surface area contributed by atoms with E-state index >= 15 is 0 Å². The minimum Gasteiger partial charge on any atom is -0.456 e. The molecule has 0 saturated carbocycles. The van der Waals surface area contributed by atoms with Crippen molar-refractivity contribution < 1.29 is 4.42 Å². The van der Waals surface area contributed by atoms with Gasteiger partial charge in [0.05, 0.1) is 5.70 Å². The number of para-hydroxylation sites is 1. The molecule has 0 aliphatic carbocycles. The summed E-state index contributed by atoms with van der Waals surface area (Å²) < 4.78 is 6.33. The zero-order chi connectivity index (χ0) is 31.0. The van der Waals surface area contributed by atoms with Gasteiger partial charge in [-0.15, -0.1) is 0 Å². The highest BCUT2D eigenvalue weighted by Gasteiger charge is 2.19. The van der Waals surface area contributed by atoms with E-state index in [0.717, 1.165) is 60.9 Å². The molecule has 8 aromatic rings. The van der Waals surface area contributed by atoms with E-state index in [1.165, 1.54) is 16.2 Å². The summed E-state index contributed by atoms with van der Waals surface area (Å²) in [6.45, 7) is 6.42. The molecule has 1 heterocycles. The first kappa shape index (κ1) is 27.5. The van der Waals surface area contributed by atoms with Crippen molar-refractivity contribution in [1.29, 1.82) is 0 Å². The molecule has 46 heavy (non-hydrogen) atoms. The standard InChI is InChI=1S/C43H30N2O/c1-28(30-13-5-3-6-14-30)44-43(34-23-24-36-33(27-34)22-21-32-17-9-10-18-35(32)36)45-29(2)41-37(31-15-7-4-8-16-31)25-26-40-42(41)38-19-11-12-20-39(38)46-40/h3-27H,1H2,2H3. The van der Waals surface area contributed by atoms with Crippen molar-refractivity contribution in [2.24, 2.45) is 9.98 Å². The van der Waals surface area contributed by atoms with Crippen LogP contribution in [0.25, 0.3) is 60.3 Å². The van der Waals surface area contributed by atoms with Crippen LogP contribution in [-0.2, 0) is 0 Å². The van der Waals surface area contributed by atoms with Gasteiger partial charge in [-0.1, -0.05) is 134 Å². The maximum atomic E-state index is 6.33. The second-order valence-corrected chi connectivity index (χ2v) is 11.5. The minimum absolute atomic E-state index is 0.602. The number of amidine groups is 1. The summed E-state index contributed by atoms with van der Waals surface area (Å²) in [6, 6.07) is 52.2. The summed E-state index contributed by atoms with van der Waals surface area (Å²) in [7, 11) is 0. The SMILES string of the molecule is C=C(N=C(N=C(C)c1c(-c2ccccc2)ccc2oc3ccccc3c12)c1ccc2c(ccc3ccccc32)c1)c1ccccc1. The Kier molecular flexibility index (Phi) is 6.85. The topological polar surface area (TPSA) is 37.9 Å². The molecule has 0 fully saturated rings. The van der Waals surface area contributed by atoms with Gasteiger partial charge in [-0.25, -0.2) is 9.98 Å². The quantitative estimate of drug-likeness (QED) is 0.112. The number of hydrogen-bond donors (Lipinski definition) is 0. The van der Waals surface area contributed by atoms with Crippen LogP contribution in [-0.4, -0.2) is 11.5 Å². The monoisotopic (exact) mass is 590 g/mol. The lowest BCUT2D eigenvalue weighted by atomic mass is 9.92. The summed E-state index contributed by atoms with van der Waals surface area (Å²) >= 11 is 0. The smallest absolute Gasteiger partial charge is 0.160 e. The van der Waals surface area contributed by atoms with Gasteiger partial charge in [0.2, 0.25) is 0 Å². The van der Waals surface area contributed by atoms with Crippen LogP contribution in [0.5, 0.6) is 0 Å². The van der Waals surface area contributed by atoms with Crippen LogP contribution in [0.15, 0.2) is 173 Å². The van der Waals surface area contributed by atoms with Gasteiger partial charge >= 0.3 is 0 Å². The lowest BCUT2D eigenvalue weighted by molar-refractivity contribution is 0.669. The average Bonchev–Trinajstić information content (AvgIpc) is 3.50. The predicted molar refractivity (Wildman–Crippen MR) is 195 cm³/mol. The Morgan fingerprint density at radius 2 is 1.22 bits per heavy atom. The summed E-state index contributed by atoms with van der Waals surface area (Å²) in [5.41, 5.74) is 8.28. The Morgan fingerprint density at radius 3 is 2.04 bits per heavy atom. The first-order chi connectivity index (χ1) is 22.6. The summed E-state index contributed by atoms with van der Waals surface area (Å²) in [5.74, 6) is 0.602. The fraction of sp³-hybridized carbons (Fsp3) is 0.0233. The molecule has 218 valence electrons. The highest BCUT2D eigenvalue weighted by molar-refractivity contribution is 6.24. The Bertz CT molecular complexity index is 2480. The highest BCUT2D eigenvalue weighted by Crippen LogP contribution is 2.37. The molecule has 3 nitrogen and oxygen atoms in total. The van der Waals surface area contributed by atoms with Crippen LogP contribution >= 0.6 is 0 Å². The molecule has 0 spiro atoms. The van der Waals surface area contributed by atoms with Crippen molar-refractivity contribution in [3.63, 3.8) is 0 Å². The van der Waals surface area contributed by atoms with E-state index in [0.29, 0.717) is 11.5 Å².